The van der Waals surface area contributed by atoms with Crippen LogP contribution in [0.3, 0.4) is 0 Å². The van der Waals surface area contributed by atoms with Crippen molar-refractivity contribution >= 4 is 39.1 Å². The van der Waals surface area contributed by atoms with Crippen LogP contribution in [0, 0.1) is 10.1 Å². The topological polar surface area (TPSA) is 72.7 Å². The van der Waals surface area contributed by atoms with Gasteiger partial charge in [-0.1, -0.05) is 27.5 Å². The molecule has 1 aromatic rings. The van der Waals surface area contributed by atoms with Gasteiger partial charge in [0.25, 0.3) is 11.6 Å². The van der Waals surface area contributed by atoms with Gasteiger partial charge in [0.1, 0.15) is 5.56 Å². The van der Waals surface area contributed by atoms with Crippen molar-refractivity contribution in [1.29, 1.82) is 0 Å². The van der Waals surface area contributed by atoms with Crippen molar-refractivity contribution < 1.29 is 14.5 Å². The zero-order chi connectivity index (χ0) is 15.6. The van der Waals surface area contributed by atoms with Gasteiger partial charge in [0.15, 0.2) is 0 Å². The first kappa shape index (κ1) is 16.2. The predicted molar refractivity (Wildman–Crippen MR) is 82.1 cm³/mol. The van der Waals surface area contributed by atoms with E-state index in [4.69, 9.17) is 16.3 Å². The molecule has 2 unspecified atom stereocenters. The molecule has 2 atom stereocenters. The van der Waals surface area contributed by atoms with Crippen LogP contribution in [0.25, 0.3) is 0 Å². The molecule has 8 heteroatoms. The maximum absolute atomic E-state index is 12.6. The Labute approximate surface area is 135 Å². The molecular formula is C13H14BrClN2O4. The van der Waals surface area contributed by atoms with E-state index in [0.29, 0.717) is 23.4 Å². The fourth-order valence-corrected chi connectivity index (χ4v) is 2.83. The van der Waals surface area contributed by atoms with Crippen LogP contribution in [0.2, 0.25) is 5.02 Å². The molecule has 0 radical (unpaired) electrons. The molecule has 1 aliphatic rings. The van der Waals surface area contributed by atoms with E-state index < -0.39 is 10.8 Å². The first-order chi connectivity index (χ1) is 9.92. The Morgan fingerprint density at radius 3 is 2.90 bits per heavy atom. The molecule has 21 heavy (non-hydrogen) atoms. The molecule has 0 N–H and O–H groups in total. The van der Waals surface area contributed by atoms with Gasteiger partial charge in [-0.05, 0) is 19.1 Å². The minimum absolute atomic E-state index is 0.00919. The lowest BCUT2D eigenvalue weighted by molar-refractivity contribution is -0.385. The molecule has 0 spiro atoms. The highest BCUT2D eigenvalue weighted by Crippen LogP contribution is 2.25. The molecule has 0 aliphatic carbocycles. The standard InChI is InChI=1S/C13H14BrClN2O4/c1-8-6-16(7-10(5-14)21-8)13(18)11-4-9(15)2-3-12(11)17(19)20/h2-4,8,10H,5-7H2,1H3. The van der Waals surface area contributed by atoms with Gasteiger partial charge >= 0.3 is 0 Å². The number of ether oxygens (including phenoxy) is 1. The first-order valence-corrected chi connectivity index (χ1v) is 7.87. The van der Waals surface area contributed by atoms with Gasteiger partial charge in [0, 0.05) is 29.5 Å². The minimum Gasteiger partial charge on any atom is -0.371 e. The average Bonchev–Trinajstić information content (AvgIpc) is 2.45. The normalized spacial score (nSPS) is 22.1. The Morgan fingerprint density at radius 2 is 2.29 bits per heavy atom. The summed E-state index contributed by atoms with van der Waals surface area (Å²) in [7, 11) is 0. The molecule has 1 aliphatic heterocycles. The molecule has 1 amide bonds. The Balaban J connectivity index is 2.31. The number of carbonyl (C=O) groups is 1. The number of halogens is 2. The SMILES string of the molecule is CC1CN(C(=O)c2cc(Cl)ccc2[N+](=O)[O-])CC(CBr)O1. The number of rotatable bonds is 3. The Bertz CT molecular complexity index is 569. The lowest BCUT2D eigenvalue weighted by Gasteiger charge is -2.36. The van der Waals surface area contributed by atoms with Gasteiger partial charge in [0.05, 0.1) is 17.1 Å². The lowest BCUT2D eigenvalue weighted by Crippen LogP contribution is -2.49. The second-order valence-electron chi connectivity index (χ2n) is 4.85. The fraction of sp³-hybridized carbons (Fsp3) is 0.462. The van der Waals surface area contributed by atoms with Crippen molar-refractivity contribution in [3.63, 3.8) is 0 Å². The number of nitrogens with zero attached hydrogens (tertiary/aromatic N) is 2. The summed E-state index contributed by atoms with van der Waals surface area (Å²) in [6.07, 6.45) is -0.251. The number of benzene rings is 1. The number of carbonyl (C=O) groups excluding carboxylic acids is 1. The summed E-state index contributed by atoms with van der Waals surface area (Å²) in [5.74, 6) is -0.398. The van der Waals surface area contributed by atoms with Crippen molar-refractivity contribution in [2.45, 2.75) is 19.1 Å². The second-order valence-corrected chi connectivity index (χ2v) is 5.94. The highest BCUT2D eigenvalue weighted by molar-refractivity contribution is 9.09. The molecule has 0 saturated carbocycles. The smallest absolute Gasteiger partial charge is 0.282 e. The summed E-state index contributed by atoms with van der Waals surface area (Å²) >= 11 is 9.19. The monoisotopic (exact) mass is 376 g/mol. The van der Waals surface area contributed by atoms with Crippen LogP contribution in [0.5, 0.6) is 0 Å². The van der Waals surface area contributed by atoms with Gasteiger partial charge in [-0.3, -0.25) is 14.9 Å². The molecule has 0 bridgehead atoms. The van der Waals surface area contributed by atoms with E-state index in [1.807, 2.05) is 6.92 Å². The summed E-state index contributed by atoms with van der Waals surface area (Å²) in [5.41, 5.74) is -0.228. The van der Waals surface area contributed by atoms with Crippen molar-refractivity contribution in [1.82, 2.24) is 4.90 Å². The number of nitro groups is 1. The van der Waals surface area contributed by atoms with E-state index in [2.05, 4.69) is 15.9 Å². The zero-order valence-electron chi connectivity index (χ0n) is 11.3. The molecule has 6 nitrogen and oxygen atoms in total. The molecule has 114 valence electrons. The number of nitro benzene ring substituents is 1. The molecule has 2 rings (SSSR count). The summed E-state index contributed by atoms with van der Waals surface area (Å²) in [4.78, 5) is 24.6. The number of hydrogen-bond acceptors (Lipinski definition) is 4. The molecular weight excluding hydrogens is 364 g/mol. The highest BCUT2D eigenvalue weighted by atomic mass is 79.9. The third-order valence-corrected chi connectivity index (χ3v) is 4.13. The largest absolute Gasteiger partial charge is 0.371 e. The van der Waals surface area contributed by atoms with Crippen LogP contribution in [0.1, 0.15) is 17.3 Å². The minimum atomic E-state index is -0.574. The van der Waals surface area contributed by atoms with E-state index in [1.165, 1.54) is 18.2 Å². The van der Waals surface area contributed by atoms with Crippen molar-refractivity contribution in [2.24, 2.45) is 0 Å². The Hall–Kier alpha value is -1.18. The van der Waals surface area contributed by atoms with E-state index in [9.17, 15) is 14.9 Å². The molecule has 1 saturated heterocycles. The van der Waals surface area contributed by atoms with Gasteiger partial charge in [-0.25, -0.2) is 0 Å². The van der Waals surface area contributed by atoms with Crippen LogP contribution in [-0.2, 0) is 4.74 Å². The number of hydrogen-bond donors (Lipinski definition) is 0. The van der Waals surface area contributed by atoms with Crippen molar-refractivity contribution in [3.05, 3.63) is 38.9 Å². The number of morpholine rings is 1. The zero-order valence-corrected chi connectivity index (χ0v) is 13.6. The Morgan fingerprint density at radius 1 is 1.57 bits per heavy atom. The van der Waals surface area contributed by atoms with Crippen LogP contribution in [-0.4, -0.2) is 46.4 Å². The lowest BCUT2D eigenvalue weighted by atomic mass is 10.1. The average molecular weight is 378 g/mol. The summed E-state index contributed by atoms with van der Waals surface area (Å²) in [5, 5.41) is 12.0. The molecule has 1 aromatic carbocycles. The van der Waals surface area contributed by atoms with Gasteiger partial charge in [-0.2, -0.15) is 0 Å². The summed E-state index contributed by atoms with van der Waals surface area (Å²) < 4.78 is 5.65. The number of alkyl halides is 1. The fourth-order valence-electron chi connectivity index (χ4n) is 2.31. The maximum Gasteiger partial charge on any atom is 0.282 e. The van der Waals surface area contributed by atoms with Crippen LogP contribution in [0.15, 0.2) is 18.2 Å². The third kappa shape index (κ3) is 3.72. The van der Waals surface area contributed by atoms with Crippen molar-refractivity contribution in [2.75, 3.05) is 18.4 Å². The van der Waals surface area contributed by atoms with E-state index in [1.54, 1.807) is 4.90 Å². The van der Waals surface area contributed by atoms with Crippen LogP contribution < -0.4 is 0 Å². The predicted octanol–water partition coefficient (Wildman–Crippen LogP) is 2.87. The van der Waals surface area contributed by atoms with Gasteiger partial charge in [0.2, 0.25) is 0 Å². The number of amides is 1. The summed E-state index contributed by atoms with van der Waals surface area (Å²) in [6.45, 7) is 2.64. The van der Waals surface area contributed by atoms with Crippen LogP contribution >= 0.6 is 27.5 Å². The second kappa shape index (κ2) is 6.72. The first-order valence-electron chi connectivity index (χ1n) is 6.37. The quantitative estimate of drug-likeness (QED) is 0.461. The molecule has 0 aromatic heterocycles. The van der Waals surface area contributed by atoms with Gasteiger partial charge in [-0.15, -0.1) is 0 Å². The van der Waals surface area contributed by atoms with Crippen molar-refractivity contribution in [3.8, 4) is 0 Å². The maximum atomic E-state index is 12.6. The Kier molecular flexibility index (Phi) is 5.18. The molecule has 1 heterocycles. The van der Waals surface area contributed by atoms with E-state index in [-0.39, 0.29) is 23.5 Å². The van der Waals surface area contributed by atoms with Gasteiger partial charge < -0.3 is 9.64 Å². The molecule has 1 fully saturated rings. The van der Waals surface area contributed by atoms with E-state index >= 15 is 0 Å². The highest BCUT2D eigenvalue weighted by Gasteiger charge is 2.31. The van der Waals surface area contributed by atoms with Crippen LogP contribution in [0.4, 0.5) is 5.69 Å². The summed E-state index contributed by atoms with van der Waals surface area (Å²) in [6, 6.07) is 3.99. The third-order valence-electron chi connectivity index (χ3n) is 3.17. The van der Waals surface area contributed by atoms with E-state index in [0.717, 1.165) is 0 Å².